The number of nitrogens with one attached hydrogen (secondary N) is 1. The fourth-order valence-electron chi connectivity index (χ4n) is 3.39. The van der Waals surface area contributed by atoms with Crippen molar-refractivity contribution in [1.29, 1.82) is 0 Å². The second kappa shape index (κ2) is 9.90. The predicted molar refractivity (Wildman–Crippen MR) is 125 cm³/mol. The van der Waals surface area contributed by atoms with Gasteiger partial charge in [-0.3, -0.25) is 4.79 Å². The van der Waals surface area contributed by atoms with Crippen LogP contribution in [0.1, 0.15) is 22.3 Å². The van der Waals surface area contributed by atoms with Gasteiger partial charge in [-0.1, -0.05) is 66.2 Å². The third kappa shape index (κ3) is 5.81. The van der Waals surface area contributed by atoms with E-state index in [-0.39, 0.29) is 23.9 Å². The summed E-state index contributed by atoms with van der Waals surface area (Å²) in [6.07, 6.45) is 0.516. The Balaban J connectivity index is 1.84. The van der Waals surface area contributed by atoms with Crippen LogP contribution < -0.4 is 5.32 Å². The maximum absolute atomic E-state index is 13.3. The largest absolute Gasteiger partial charge is 0.324 e. The highest BCUT2D eigenvalue weighted by Crippen LogP contribution is 2.21. The minimum absolute atomic E-state index is 0.186. The Morgan fingerprint density at radius 2 is 1.45 bits per heavy atom. The van der Waals surface area contributed by atoms with Gasteiger partial charge in [0.25, 0.3) is 0 Å². The zero-order valence-corrected chi connectivity index (χ0v) is 18.9. The van der Waals surface area contributed by atoms with Crippen LogP contribution >= 0.6 is 0 Å². The first kappa shape index (κ1) is 22.7. The maximum Gasteiger partial charge on any atom is 0.243 e. The molecule has 31 heavy (non-hydrogen) atoms. The van der Waals surface area contributed by atoms with E-state index in [2.05, 4.69) is 5.32 Å². The molecule has 1 N–H and O–H groups in total. The molecule has 162 valence electrons. The molecule has 0 atom stereocenters. The highest BCUT2D eigenvalue weighted by atomic mass is 32.2. The van der Waals surface area contributed by atoms with Crippen molar-refractivity contribution in [1.82, 2.24) is 4.31 Å². The van der Waals surface area contributed by atoms with Gasteiger partial charge in [-0.15, -0.1) is 0 Å². The van der Waals surface area contributed by atoms with Gasteiger partial charge in [0.05, 0.1) is 11.4 Å². The summed E-state index contributed by atoms with van der Waals surface area (Å²) in [6, 6.07) is 22.1. The number of carbonyl (C=O) groups is 1. The number of benzene rings is 3. The lowest BCUT2D eigenvalue weighted by atomic mass is 10.1. The van der Waals surface area contributed by atoms with Crippen LogP contribution in [0, 0.1) is 20.8 Å². The van der Waals surface area contributed by atoms with E-state index < -0.39 is 10.0 Å². The molecule has 0 unspecified atom stereocenters. The number of carbonyl (C=O) groups excluding carboxylic acids is 1. The second-order valence-electron chi connectivity index (χ2n) is 7.70. The third-order valence-electron chi connectivity index (χ3n) is 5.22. The van der Waals surface area contributed by atoms with Gasteiger partial charge in [-0.2, -0.15) is 4.31 Å². The molecule has 0 fully saturated rings. The molecule has 0 aromatic heterocycles. The molecule has 0 bridgehead atoms. The van der Waals surface area contributed by atoms with Gasteiger partial charge in [-0.05, 0) is 56.0 Å². The van der Waals surface area contributed by atoms with Crippen molar-refractivity contribution >= 4 is 21.6 Å². The quantitative estimate of drug-likeness (QED) is 0.566. The van der Waals surface area contributed by atoms with Crippen LogP contribution in [-0.4, -0.2) is 31.7 Å². The number of sulfonamides is 1. The minimum Gasteiger partial charge on any atom is -0.324 e. The van der Waals surface area contributed by atoms with Crippen LogP contribution in [0.5, 0.6) is 0 Å². The number of anilines is 1. The molecule has 1 amide bonds. The van der Waals surface area contributed by atoms with Crippen molar-refractivity contribution in [3.05, 3.63) is 95.1 Å². The number of amides is 1. The van der Waals surface area contributed by atoms with Gasteiger partial charge in [0.2, 0.25) is 15.9 Å². The van der Waals surface area contributed by atoms with Crippen molar-refractivity contribution in [3.8, 4) is 0 Å². The van der Waals surface area contributed by atoms with E-state index in [0.717, 1.165) is 27.9 Å². The van der Waals surface area contributed by atoms with E-state index in [1.807, 2.05) is 69.3 Å². The second-order valence-corrected chi connectivity index (χ2v) is 9.64. The van der Waals surface area contributed by atoms with E-state index in [4.69, 9.17) is 0 Å². The topological polar surface area (TPSA) is 66.5 Å². The van der Waals surface area contributed by atoms with Gasteiger partial charge in [-0.25, -0.2) is 8.42 Å². The van der Waals surface area contributed by atoms with Crippen LogP contribution in [0.25, 0.3) is 0 Å². The van der Waals surface area contributed by atoms with Gasteiger partial charge in [0.15, 0.2) is 0 Å². The smallest absolute Gasteiger partial charge is 0.243 e. The van der Waals surface area contributed by atoms with Crippen LogP contribution in [0.2, 0.25) is 0 Å². The molecule has 3 rings (SSSR count). The van der Waals surface area contributed by atoms with Crippen LogP contribution in [0.15, 0.2) is 77.7 Å². The highest BCUT2D eigenvalue weighted by Gasteiger charge is 2.26. The monoisotopic (exact) mass is 436 g/mol. The van der Waals surface area contributed by atoms with E-state index in [9.17, 15) is 13.2 Å². The molecule has 0 aliphatic carbocycles. The van der Waals surface area contributed by atoms with Gasteiger partial charge < -0.3 is 5.32 Å². The summed E-state index contributed by atoms with van der Waals surface area (Å²) in [7, 11) is -3.82. The molecule has 0 radical (unpaired) electrons. The Labute approximate surface area is 184 Å². The Kier molecular flexibility index (Phi) is 7.25. The molecule has 3 aromatic rings. The molecule has 3 aromatic carbocycles. The molecule has 0 saturated heterocycles. The van der Waals surface area contributed by atoms with Crippen molar-refractivity contribution in [2.24, 2.45) is 0 Å². The Bertz CT molecular complexity index is 1120. The molecule has 0 saturated carbocycles. The summed E-state index contributed by atoms with van der Waals surface area (Å²) < 4.78 is 27.9. The summed E-state index contributed by atoms with van der Waals surface area (Å²) in [4.78, 5) is 13.0. The first-order chi connectivity index (χ1) is 14.8. The Morgan fingerprint density at radius 1 is 0.839 bits per heavy atom. The summed E-state index contributed by atoms with van der Waals surface area (Å²) in [5.74, 6) is -0.360. The summed E-state index contributed by atoms with van der Waals surface area (Å²) >= 11 is 0. The average Bonchev–Trinajstić information content (AvgIpc) is 2.75. The molecular formula is C25H28N2O3S. The highest BCUT2D eigenvalue weighted by molar-refractivity contribution is 7.89. The van der Waals surface area contributed by atoms with Crippen molar-refractivity contribution in [2.45, 2.75) is 32.1 Å². The first-order valence-corrected chi connectivity index (χ1v) is 11.7. The number of rotatable bonds is 8. The van der Waals surface area contributed by atoms with E-state index >= 15 is 0 Å². The van der Waals surface area contributed by atoms with Crippen LogP contribution in [-0.2, 0) is 21.2 Å². The molecule has 0 aliphatic rings. The lowest BCUT2D eigenvalue weighted by Gasteiger charge is -2.22. The van der Waals surface area contributed by atoms with Gasteiger partial charge in [0, 0.05) is 12.2 Å². The molecular weight excluding hydrogens is 408 g/mol. The number of aryl methyl sites for hydroxylation is 3. The summed E-state index contributed by atoms with van der Waals surface area (Å²) in [5, 5.41) is 2.89. The normalized spacial score (nSPS) is 11.5. The third-order valence-corrected chi connectivity index (χ3v) is 7.08. The zero-order valence-electron chi connectivity index (χ0n) is 18.1. The summed E-state index contributed by atoms with van der Waals surface area (Å²) in [5.41, 5.74) is 4.59. The van der Waals surface area contributed by atoms with Crippen molar-refractivity contribution in [2.75, 3.05) is 18.4 Å². The van der Waals surface area contributed by atoms with Crippen LogP contribution in [0.4, 0.5) is 5.69 Å². The lowest BCUT2D eigenvalue weighted by molar-refractivity contribution is -0.116. The standard InChI is InChI=1S/C25H28N2O3S/c1-19-12-14-23(15-13-19)31(29,30)27(17-16-22-10-5-4-6-11-22)18-24(28)26-25-20(2)8-7-9-21(25)3/h4-15H,16-18H2,1-3H3,(H,26,28). The lowest BCUT2D eigenvalue weighted by Crippen LogP contribution is -2.39. The number of nitrogens with zero attached hydrogens (tertiary/aromatic N) is 1. The van der Waals surface area contributed by atoms with Gasteiger partial charge in [0.1, 0.15) is 0 Å². The first-order valence-electron chi connectivity index (χ1n) is 10.2. The number of hydrogen-bond acceptors (Lipinski definition) is 3. The number of para-hydroxylation sites is 1. The molecule has 0 aliphatic heterocycles. The van der Waals surface area contributed by atoms with E-state index in [0.29, 0.717) is 6.42 Å². The molecule has 6 heteroatoms. The molecule has 5 nitrogen and oxygen atoms in total. The Hall–Kier alpha value is -2.96. The SMILES string of the molecule is Cc1ccc(S(=O)(=O)N(CCc2ccccc2)CC(=O)Nc2c(C)cccc2C)cc1. The van der Waals surface area contributed by atoms with E-state index in [1.54, 1.807) is 24.3 Å². The van der Waals surface area contributed by atoms with Crippen LogP contribution in [0.3, 0.4) is 0 Å². The average molecular weight is 437 g/mol. The Morgan fingerprint density at radius 3 is 2.06 bits per heavy atom. The fourth-order valence-corrected chi connectivity index (χ4v) is 4.79. The number of hydrogen-bond donors (Lipinski definition) is 1. The summed E-state index contributed by atoms with van der Waals surface area (Å²) in [6.45, 7) is 5.69. The molecule has 0 spiro atoms. The van der Waals surface area contributed by atoms with Gasteiger partial charge >= 0.3 is 0 Å². The predicted octanol–water partition coefficient (Wildman–Crippen LogP) is 4.48. The molecule has 0 heterocycles. The maximum atomic E-state index is 13.3. The van der Waals surface area contributed by atoms with E-state index in [1.165, 1.54) is 4.31 Å². The zero-order chi connectivity index (χ0) is 22.4. The fraction of sp³-hybridized carbons (Fsp3) is 0.240. The minimum atomic E-state index is -3.82. The van der Waals surface area contributed by atoms with Crippen molar-refractivity contribution < 1.29 is 13.2 Å². The van der Waals surface area contributed by atoms with Crippen molar-refractivity contribution in [3.63, 3.8) is 0 Å².